The Morgan fingerprint density at radius 3 is 2.25 bits per heavy atom. The van der Waals surface area contributed by atoms with Crippen LogP contribution in [0.1, 0.15) is 11.1 Å². The average molecular weight is 297 g/mol. The van der Waals surface area contributed by atoms with Gasteiger partial charge in [-0.1, -0.05) is 30.3 Å². The lowest BCUT2D eigenvalue weighted by Crippen LogP contribution is -2.01. The van der Waals surface area contributed by atoms with Crippen molar-refractivity contribution in [3.05, 3.63) is 59.7 Å². The summed E-state index contributed by atoms with van der Waals surface area (Å²) in [6.45, 7) is 2.59. The highest BCUT2D eigenvalue weighted by atomic mass is 32.2. The fourth-order valence-electron chi connectivity index (χ4n) is 1.78. The molecule has 5 heteroatoms. The standard InChI is InChI=1S/C15H14F3NS/c1-11-4-2-3-5-14(11)19-10-12-6-8-13(9-7-12)20-15(16,17)18/h2-9,19H,10H2,1H3. The summed E-state index contributed by atoms with van der Waals surface area (Å²) in [4.78, 5) is 0.206. The first kappa shape index (κ1) is 14.8. The Morgan fingerprint density at radius 2 is 1.65 bits per heavy atom. The van der Waals surface area contributed by atoms with Crippen LogP contribution in [0.2, 0.25) is 0 Å². The van der Waals surface area contributed by atoms with E-state index < -0.39 is 5.51 Å². The monoisotopic (exact) mass is 297 g/mol. The Morgan fingerprint density at radius 1 is 1.00 bits per heavy atom. The molecular weight excluding hydrogens is 283 g/mol. The first-order valence-electron chi connectivity index (χ1n) is 6.08. The van der Waals surface area contributed by atoms with E-state index in [0.29, 0.717) is 6.54 Å². The van der Waals surface area contributed by atoms with Crippen LogP contribution >= 0.6 is 11.8 Å². The quantitative estimate of drug-likeness (QED) is 0.777. The second kappa shape index (κ2) is 6.22. The van der Waals surface area contributed by atoms with E-state index in [1.165, 1.54) is 12.1 Å². The summed E-state index contributed by atoms with van der Waals surface area (Å²) in [5, 5.41) is 3.27. The third-order valence-corrected chi connectivity index (χ3v) is 3.52. The summed E-state index contributed by atoms with van der Waals surface area (Å²) < 4.78 is 36.6. The van der Waals surface area contributed by atoms with Gasteiger partial charge in [-0.3, -0.25) is 0 Å². The molecule has 1 nitrogen and oxygen atoms in total. The molecule has 0 unspecified atom stereocenters. The average Bonchev–Trinajstić information content (AvgIpc) is 2.38. The van der Waals surface area contributed by atoms with Crippen molar-refractivity contribution in [2.45, 2.75) is 23.9 Å². The van der Waals surface area contributed by atoms with E-state index in [4.69, 9.17) is 0 Å². The minimum atomic E-state index is -4.24. The molecule has 0 radical (unpaired) electrons. The van der Waals surface area contributed by atoms with Gasteiger partial charge in [-0.15, -0.1) is 0 Å². The minimum absolute atomic E-state index is 0.0940. The molecule has 0 saturated heterocycles. The van der Waals surface area contributed by atoms with E-state index in [1.807, 2.05) is 31.2 Å². The van der Waals surface area contributed by atoms with Crippen molar-refractivity contribution in [1.82, 2.24) is 0 Å². The lowest BCUT2D eigenvalue weighted by atomic mass is 10.2. The number of anilines is 1. The third kappa shape index (κ3) is 4.49. The number of rotatable bonds is 4. The van der Waals surface area contributed by atoms with Gasteiger partial charge in [0.15, 0.2) is 0 Å². The zero-order valence-electron chi connectivity index (χ0n) is 10.9. The van der Waals surface area contributed by atoms with Gasteiger partial charge in [0, 0.05) is 17.1 Å². The van der Waals surface area contributed by atoms with Crippen molar-refractivity contribution in [1.29, 1.82) is 0 Å². The maximum atomic E-state index is 12.2. The van der Waals surface area contributed by atoms with E-state index in [2.05, 4.69) is 5.32 Å². The Labute approximate surface area is 120 Å². The van der Waals surface area contributed by atoms with Crippen LogP contribution in [0.3, 0.4) is 0 Å². The minimum Gasteiger partial charge on any atom is -0.381 e. The third-order valence-electron chi connectivity index (χ3n) is 2.78. The SMILES string of the molecule is Cc1ccccc1NCc1ccc(SC(F)(F)F)cc1. The smallest absolute Gasteiger partial charge is 0.381 e. The summed E-state index contributed by atoms with van der Waals surface area (Å²) in [5.74, 6) is 0. The van der Waals surface area contributed by atoms with Gasteiger partial charge >= 0.3 is 5.51 Å². The van der Waals surface area contributed by atoms with Gasteiger partial charge in [0.1, 0.15) is 0 Å². The van der Waals surface area contributed by atoms with Crippen LogP contribution < -0.4 is 5.32 Å². The van der Waals surface area contributed by atoms with Gasteiger partial charge in [-0.25, -0.2) is 0 Å². The van der Waals surface area contributed by atoms with E-state index in [-0.39, 0.29) is 16.7 Å². The molecule has 0 fully saturated rings. The van der Waals surface area contributed by atoms with Crippen LogP contribution in [0.5, 0.6) is 0 Å². The first-order chi connectivity index (χ1) is 9.44. The topological polar surface area (TPSA) is 12.0 Å². The number of aryl methyl sites for hydroxylation is 1. The van der Waals surface area contributed by atoms with E-state index in [0.717, 1.165) is 16.8 Å². The van der Waals surface area contributed by atoms with Crippen molar-refractivity contribution in [2.24, 2.45) is 0 Å². The number of hydrogen-bond donors (Lipinski definition) is 1. The van der Waals surface area contributed by atoms with Gasteiger partial charge in [0.25, 0.3) is 0 Å². The fourth-order valence-corrected chi connectivity index (χ4v) is 2.32. The normalized spacial score (nSPS) is 11.4. The molecule has 1 N–H and O–H groups in total. The summed E-state index contributed by atoms with van der Waals surface area (Å²) in [5.41, 5.74) is -1.13. The summed E-state index contributed by atoms with van der Waals surface area (Å²) in [6, 6.07) is 14.3. The molecule has 0 aliphatic carbocycles. The lowest BCUT2D eigenvalue weighted by Gasteiger charge is -2.10. The van der Waals surface area contributed by atoms with E-state index in [9.17, 15) is 13.2 Å². The molecule has 0 amide bonds. The second-order valence-corrected chi connectivity index (χ2v) is 5.50. The Kier molecular flexibility index (Phi) is 4.60. The molecule has 0 aliphatic heterocycles. The fraction of sp³-hybridized carbons (Fsp3) is 0.200. The Balaban J connectivity index is 1.96. The molecule has 0 heterocycles. The molecule has 2 aromatic carbocycles. The maximum absolute atomic E-state index is 12.2. The van der Waals surface area contributed by atoms with Gasteiger partial charge < -0.3 is 5.32 Å². The predicted octanol–water partition coefficient (Wildman–Crippen LogP) is 5.22. The largest absolute Gasteiger partial charge is 0.446 e. The molecular formula is C15H14F3NS. The number of para-hydroxylation sites is 1. The molecule has 20 heavy (non-hydrogen) atoms. The van der Waals surface area contributed by atoms with Gasteiger partial charge in [0.05, 0.1) is 0 Å². The van der Waals surface area contributed by atoms with E-state index >= 15 is 0 Å². The van der Waals surface area contributed by atoms with Gasteiger partial charge in [-0.05, 0) is 48.0 Å². The molecule has 2 rings (SSSR count). The zero-order chi connectivity index (χ0) is 14.6. The van der Waals surface area contributed by atoms with Crippen molar-refractivity contribution in [3.8, 4) is 0 Å². The highest BCUT2D eigenvalue weighted by molar-refractivity contribution is 8.00. The first-order valence-corrected chi connectivity index (χ1v) is 6.90. The molecule has 0 saturated carbocycles. The van der Waals surface area contributed by atoms with Gasteiger partial charge in [0.2, 0.25) is 0 Å². The number of nitrogens with one attached hydrogen (secondary N) is 1. The summed E-state index contributed by atoms with van der Waals surface area (Å²) in [7, 11) is 0. The molecule has 0 aromatic heterocycles. The van der Waals surface area contributed by atoms with Crippen molar-refractivity contribution < 1.29 is 13.2 Å². The maximum Gasteiger partial charge on any atom is 0.446 e. The number of alkyl halides is 3. The zero-order valence-corrected chi connectivity index (χ0v) is 11.7. The summed E-state index contributed by atoms with van der Waals surface area (Å²) in [6.07, 6.45) is 0. The molecule has 106 valence electrons. The lowest BCUT2D eigenvalue weighted by molar-refractivity contribution is -0.0328. The van der Waals surface area contributed by atoms with Crippen LogP contribution in [0.4, 0.5) is 18.9 Å². The predicted molar refractivity (Wildman–Crippen MR) is 76.9 cm³/mol. The van der Waals surface area contributed by atoms with Crippen LogP contribution in [0.15, 0.2) is 53.4 Å². The van der Waals surface area contributed by atoms with Crippen LogP contribution in [-0.4, -0.2) is 5.51 Å². The number of hydrogen-bond acceptors (Lipinski definition) is 2. The highest BCUT2D eigenvalue weighted by Gasteiger charge is 2.28. The van der Waals surface area contributed by atoms with Crippen molar-refractivity contribution in [2.75, 3.05) is 5.32 Å². The Hall–Kier alpha value is -1.62. The van der Waals surface area contributed by atoms with Crippen LogP contribution in [0.25, 0.3) is 0 Å². The molecule has 0 spiro atoms. The second-order valence-electron chi connectivity index (χ2n) is 4.36. The van der Waals surface area contributed by atoms with Crippen molar-refractivity contribution >= 4 is 17.4 Å². The molecule has 0 bridgehead atoms. The van der Waals surface area contributed by atoms with E-state index in [1.54, 1.807) is 12.1 Å². The van der Waals surface area contributed by atoms with Crippen LogP contribution in [0, 0.1) is 6.92 Å². The number of benzene rings is 2. The number of halogens is 3. The van der Waals surface area contributed by atoms with Crippen LogP contribution in [-0.2, 0) is 6.54 Å². The van der Waals surface area contributed by atoms with Crippen molar-refractivity contribution in [3.63, 3.8) is 0 Å². The highest BCUT2D eigenvalue weighted by Crippen LogP contribution is 2.36. The van der Waals surface area contributed by atoms with Gasteiger partial charge in [-0.2, -0.15) is 13.2 Å². The molecule has 0 atom stereocenters. The Bertz CT molecular complexity index is 564. The molecule has 2 aromatic rings. The molecule has 0 aliphatic rings. The summed E-state index contributed by atoms with van der Waals surface area (Å²) >= 11 is -0.0940. The number of thioether (sulfide) groups is 1.